The Balaban J connectivity index is 0.000000424. The van der Waals surface area contributed by atoms with Crippen LogP contribution in [0.5, 0.6) is 0 Å². The fraction of sp³-hybridized carbons (Fsp3) is 0.548. The van der Waals surface area contributed by atoms with Gasteiger partial charge in [0.2, 0.25) is 5.91 Å². The molecule has 3 atom stereocenters. The van der Waals surface area contributed by atoms with E-state index in [0.717, 1.165) is 54.1 Å². The van der Waals surface area contributed by atoms with Gasteiger partial charge in [-0.05, 0) is 105 Å². The molecule has 268 valence electrons. The van der Waals surface area contributed by atoms with Crippen molar-refractivity contribution < 1.29 is 14.3 Å². The highest BCUT2D eigenvalue weighted by molar-refractivity contribution is 6.30. The molecule has 3 heterocycles. The summed E-state index contributed by atoms with van der Waals surface area (Å²) in [6.45, 7) is 20.3. The Morgan fingerprint density at radius 2 is 1.65 bits per heavy atom. The molecule has 5 nitrogen and oxygen atoms in total. The lowest BCUT2D eigenvalue weighted by Gasteiger charge is -2.19. The number of hydrogen-bond donors (Lipinski definition) is 0. The molecule has 2 saturated carbocycles. The van der Waals surface area contributed by atoms with Crippen molar-refractivity contribution in [1.82, 2.24) is 9.47 Å². The number of amides is 1. The van der Waals surface area contributed by atoms with Gasteiger partial charge in [0.15, 0.2) is 0 Å². The second-order valence-corrected chi connectivity index (χ2v) is 12.4. The average molecular weight is 681 g/mol. The number of methoxy groups -OCH3 is 2. The average Bonchev–Trinajstić information content (AvgIpc) is 4.02. The summed E-state index contributed by atoms with van der Waals surface area (Å²) in [5.74, 6) is 3.17. The van der Waals surface area contributed by atoms with Gasteiger partial charge in [-0.15, -0.1) is 0 Å². The third kappa shape index (κ3) is 14.1. The van der Waals surface area contributed by atoms with Gasteiger partial charge in [-0.25, -0.2) is 0 Å². The van der Waals surface area contributed by atoms with E-state index in [2.05, 4.69) is 68.0 Å². The molecule has 6 heteroatoms. The molecule has 2 aliphatic heterocycles. The summed E-state index contributed by atoms with van der Waals surface area (Å²) >= 11 is 6.34. The lowest BCUT2D eigenvalue weighted by molar-refractivity contribution is -0.130. The van der Waals surface area contributed by atoms with Crippen molar-refractivity contribution >= 4 is 17.5 Å². The van der Waals surface area contributed by atoms with E-state index in [1.165, 1.54) is 42.6 Å². The van der Waals surface area contributed by atoms with Crippen LogP contribution in [0.1, 0.15) is 118 Å². The Morgan fingerprint density at radius 3 is 2.17 bits per heavy atom. The lowest BCUT2D eigenvalue weighted by atomic mass is 9.87. The maximum absolute atomic E-state index is 11.1. The van der Waals surface area contributed by atoms with Crippen LogP contribution in [0, 0.1) is 11.8 Å². The van der Waals surface area contributed by atoms with Gasteiger partial charge in [-0.1, -0.05) is 90.3 Å². The lowest BCUT2D eigenvalue weighted by Crippen LogP contribution is -2.29. The zero-order chi connectivity index (χ0) is 36.1. The predicted molar refractivity (Wildman–Crippen MR) is 207 cm³/mol. The molecule has 6 rings (SSSR count). The number of aromatic nitrogens is 1. The maximum atomic E-state index is 11.1. The summed E-state index contributed by atoms with van der Waals surface area (Å²) in [7, 11) is 3.35. The Hall–Kier alpha value is -3.18. The number of carbonyl (C=O) groups excluding carboxylic acids is 1. The third-order valence-corrected chi connectivity index (χ3v) is 8.56. The smallest absolute Gasteiger partial charge is 0.222 e. The minimum Gasteiger partial charge on any atom is -0.504 e. The van der Waals surface area contributed by atoms with Crippen molar-refractivity contribution in [2.24, 2.45) is 11.8 Å². The number of carbonyl (C=O) groups is 1. The molecule has 2 aliphatic carbocycles. The van der Waals surface area contributed by atoms with Gasteiger partial charge in [0, 0.05) is 48.0 Å². The number of ether oxygens (including phenoxy) is 2. The predicted octanol–water partition coefficient (Wildman–Crippen LogP) is 11.9. The van der Waals surface area contributed by atoms with Gasteiger partial charge >= 0.3 is 0 Å². The number of benzene rings is 1. The zero-order valence-corrected chi connectivity index (χ0v) is 32.7. The van der Waals surface area contributed by atoms with Crippen LogP contribution in [-0.2, 0) is 20.7 Å². The molecule has 1 saturated heterocycles. The van der Waals surface area contributed by atoms with Gasteiger partial charge in [-0.2, -0.15) is 0 Å². The first kappa shape index (κ1) is 42.8. The van der Waals surface area contributed by atoms with E-state index in [9.17, 15) is 4.79 Å². The van der Waals surface area contributed by atoms with E-state index in [1.807, 2.05) is 70.9 Å². The molecule has 1 aromatic heterocycles. The molecular weight excluding hydrogens is 616 g/mol. The second-order valence-electron chi connectivity index (χ2n) is 11.9. The van der Waals surface area contributed by atoms with E-state index < -0.39 is 0 Å². The van der Waals surface area contributed by atoms with E-state index in [0.29, 0.717) is 12.3 Å². The van der Waals surface area contributed by atoms with Crippen molar-refractivity contribution in [3.63, 3.8) is 0 Å². The minimum absolute atomic E-state index is 0.205. The first-order chi connectivity index (χ1) is 23.3. The van der Waals surface area contributed by atoms with E-state index in [1.54, 1.807) is 19.8 Å². The Kier molecular flexibility index (Phi) is 21.5. The number of allylic oxidation sites excluding steroid dienone is 7. The van der Waals surface area contributed by atoms with Gasteiger partial charge in [0.05, 0.1) is 26.2 Å². The van der Waals surface area contributed by atoms with E-state index in [4.69, 9.17) is 21.1 Å². The highest BCUT2D eigenvalue weighted by atomic mass is 35.5. The standard InChI is InChI=1S/C22H24ClNO2.C8H13NO.C5H8.C3H8.2C2H6/c1-16(26-3)6-4-7-17(15-25-2)20-11-10-19-8-5-13-24(19)22-12-9-18(23)14-21(20)22;1-2-8(10)9-4-6-3-7(6)5-9;1-2-5-3-4-5;1-3-2;2*1-2/h4-9,12-15,20H,10-11H2,1-3H3;6-7H,2-5H2,1H3;2H,3-4H2,1H3;3H2,1-2H3;2*1-2H3/b7-4-,16-6+,17-15-;;;;;. The second kappa shape index (κ2) is 24.0. The van der Waals surface area contributed by atoms with Crippen LogP contribution in [0.3, 0.4) is 0 Å². The number of piperidine rings is 1. The highest BCUT2D eigenvalue weighted by Gasteiger charge is 2.46. The molecule has 0 spiro atoms. The number of fused-ring (bicyclic) bond motifs is 4. The molecule has 1 aromatic carbocycles. The summed E-state index contributed by atoms with van der Waals surface area (Å²) in [4.78, 5) is 13.1. The van der Waals surface area contributed by atoms with Crippen LogP contribution in [-0.4, -0.2) is 42.7 Å². The fourth-order valence-electron chi connectivity index (χ4n) is 5.60. The quantitative estimate of drug-likeness (QED) is 0.173. The first-order valence-electron chi connectivity index (χ1n) is 18.3. The molecule has 0 N–H and O–H groups in total. The SMILES string of the molecule is CC.CC.CC=C1CC1.CCC.CCC(=O)N1CC2CC2C1.CO/C=C(/C=C\C=C(/C)OC)C1CCc2cccn2-c2ccc(Cl)cc21. The number of nitrogens with zero attached hydrogens (tertiary/aromatic N) is 2. The van der Waals surface area contributed by atoms with Crippen molar-refractivity contribution in [2.75, 3.05) is 27.3 Å². The van der Waals surface area contributed by atoms with Crippen LogP contribution >= 0.6 is 11.6 Å². The van der Waals surface area contributed by atoms with E-state index in [-0.39, 0.29) is 5.92 Å². The van der Waals surface area contributed by atoms with Gasteiger partial charge < -0.3 is 18.9 Å². The molecule has 3 unspecified atom stereocenters. The summed E-state index contributed by atoms with van der Waals surface area (Å²) in [6, 6.07) is 10.4. The number of aryl methyl sites for hydroxylation is 1. The van der Waals surface area contributed by atoms with Crippen LogP contribution in [0.15, 0.2) is 84.0 Å². The van der Waals surface area contributed by atoms with Crippen molar-refractivity contribution in [2.45, 2.75) is 113 Å². The van der Waals surface area contributed by atoms with Crippen LogP contribution < -0.4 is 0 Å². The molecule has 3 fully saturated rings. The molecule has 0 bridgehead atoms. The van der Waals surface area contributed by atoms with Gasteiger partial charge in [0.25, 0.3) is 0 Å². The summed E-state index contributed by atoms with van der Waals surface area (Å²) < 4.78 is 12.8. The highest BCUT2D eigenvalue weighted by Crippen LogP contribution is 2.45. The van der Waals surface area contributed by atoms with E-state index >= 15 is 0 Å². The number of rotatable bonds is 6. The number of likely N-dealkylation sites (tertiary alicyclic amines) is 1. The van der Waals surface area contributed by atoms with Crippen molar-refractivity contribution in [1.29, 1.82) is 0 Å². The van der Waals surface area contributed by atoms with Crippen molar-refractivity contribution in [3.05, 3.63) is 100 Å². The molecule has 1 amide bonds. The Morgan fingerprint density at radius 1 is 1.00 bits per heavy atom. The summed E-state index contributed by atoms with van der Waals surface area (Å²) in [6.07, 6.45) is 20.2. The molecule has 0 radical (unpaired) electrons. The Bertz CT molecular complexity index is 1320. The van der Waals surface area contributed by atoms with Crippen LogP contribution in [0.25, 0.3) is 5.69 Å². The fourth-order valence-corrected chi connectivity index (χ4v) is 5.78. The van der Waals surface area contributed by atoms with Gasteiger partial charge in [-0.3, -0.25) is 4.79 Å². The maximum Gasteiger partial charge on any atom is 0.222 e. The van der Waals surface area contributed by atoms with Crippen molar-refractivity contribution in [3.8, 4) is 5.69 Å². The molecule has 4 aliphatic rings. The monoisotopic (exact) mass is 680 g/mol. The largest absolute Gasteiger partial charge is 0.504 e. The molecule has 48 heavy (non-hydrogen) atoms. The summed E-state index contributed by atoms with van der Waals surface area (Å²) in [5.41, 5.74) is 6.45. The minimum atomic E-state index is 0.205. The Labute approximate surface area is 298 Å². The van der Waals surface area contributed by atoms with Crippen LogP contribution in [0.2, 0.25) is 5.02 Å². The van der Waals surface area contributed by atoms with Crippen LogP contribution in [0.4, 0.5) is 0 Å². The van der Waals surface area contributed by atoms with Gasteiger partial charge in [0.1, 0.15) is 0 Å². The topological polar surface area (TPSA) is 43.7 Å². The normalized spacial score (nSPS) is 19.6. The summed E-state index contributed by atoms with van der Waals surface area (Å²) in [5, 5.41) is 0.750. The first-order valence-corrected chi connectivity index (χ1v) is 18.7. The molecule has 2 aromatic rings. The molecular formula is C42H65ClN2O3. The number of hydrogen-bond acceptors (Lipinski definition) is 3. The number of halogens is 1. The zero-order valence-electron chi connectivity index (χ0n) is 31.9. The third-order valence-electron chi connectivity index (χ3n) is 8.33.